The van der Waals surface area contributed by atoms with Crippen LogP contribution in [-0.2, 0) is 20.8 Å². The van der Waals surface area contributed by atoms with Crippen LogP contribution < -0.4 is 0 Å². The van der Waals surface area contributed by atoms with Crippen LogP contribution in [0.5, 0.6) is 0 Å². The fraction of sp³-hybridized carbons (Fsp3) is 0.444. The zero-order valence-electron chi connectivity index (χ0n) is 14.2. The van der Waals surface area contributed by atoms with E-state index in [2.05, 4.69) is 0 Å². The van der Waals surface area contributed by atoms with E-state index in [1.54, 1.807) is 13.0 Å². The maximum Gasteiger partial charge on any atom is 0.410 e. The van der Waals surface area contributed by atoms with Crippen LogP contribution in [0.3, 0.4) is 0 Å². The number of esters is 1. The first-order valence-corrected chi connectivity index (χ1v) is 7.67. The van der Waals surface area contributed by atoms with Gasteiger partial charge in [-0.15, -0.1) is 0 Å². The van der Waals surface area contributed by atoms with Crippen LogP contribution in [0.4, 0.5) is 4.79 Å². The summed E-state index contributed by atoms with van der Waals surface area (Å²) in [5, 5.41) is 0. The van der Waals surface area contributed by atoms with Gasteiger partial charge < -0.3 is 14.4 Å². The van der Waals surface area contributed by atoms with Gasteiger partial charge in [-0.25, -0.2) is 9.59 Å². The quantitative estimate of drug-likeness (QED) is 0.594. The molecule has 0 unspecified atom stereocenters. The van der Waals surface area contributed by atoms with Gasteiger partial charge in [0.05, 0.1) is 6.61 Å². The average Bonchev–Trinajstić information content (AvgIpc) is 2.46. The van der Waals surface area contributed by atoms with Crippen LogP contribution in [0, 0.1) is 0 Å². The molecular weight excluding hydrogens is 294 g/mol. The molecule has 23 heavy (non-hydrogen) atoms. The molecule has 0 aliphatic rings. The fourth-order valence-electron chi connectivity index (χ4n) is 1.80. The Morgan fingerprint density at radius 3 is 2.39 bits per heavy atom. The summed E-state index contributed by atoms with van der Waals surface area (Å²) < 4.78 is 10.2. The Morgan fingerprint density at radius 1 is 1.17 bits per heavy atom. The Labute approximate surface area is 137 Å². The second kappa shape index (κ2) is 8.98. The van der Waals surface area contributed by atoms with Gasteiger partial charge in [0.25, 0.3) is 0 Å². The summed E-state index contributed by atoms with van der Waals surface area (Å²) in [5.41, 5.74) is 0.416. The predicted octanol–water partition coefficient (Wildman–Crippen LogP) is 3.54. The van der Waals surface area contributed by atoms with Crippen LogP contribution in [0.15, 0.2) is 42.5 Å². The first-order valence-electron chi connectivity index (χ1n) is 7.67. The summed E-state index contributed by atoms with van der Waals surface area (Å²) >= 11 is 0. The maximum atomic E-state index is 12.3. The van der Waals surface area contributed by atoms with Crippen LogP contribution in [0.2, 0.25) is 0 Å². The summed E-state index contributed by atoms with van der Waals surface area (Å²) in [6.07, 6.45) is 2.51. The van der Waals surface area contributed by atoms with Crippen molar-refractivity contribution in [2.45, 2.75) is 39.8 Å². The highest BCUT2D eigenvalue weighted by atomic mass is 16.6. The van der Waals surface area contributed by atoms with Gasteiger partial charge in [0.1, 0.15) is 5.60 Å². The second-order valence-corrected chi connectivity index (χ2v) is 6.00. The highest BCUT2D eigenvalue weighted by molar-refractivity contribution is 5.82. The summed E-state index contributed by atoms with van der Waals surface area (Å²) in [5.74, 6) is -0.420. The minimum Gasteiger partial charge on any atom is -0.463 e. The van der Waals surface area contributed by atoms with Crippen molar-refractivity contribution in [2.75, 3.05) is 13.2 Å². The first kappa shape index (κ1) is 18.7. The number of hydrogen-bond acceptors (Lipinski definition) is 4. The first-order chi connectivity index (χ1) is 10.8. The molecule has 0 N–H and O–H groups in total. The van der Waals surface area contributed by atoms with E-state index in [1.807, 2.05) is 51.1 Å². The number of benzene rings is 1. The zero-order valence-corrected chi connectivity index (χ0v) is 14.2. The molecule has 0 saturated heterocycles. The number of hydrogen-bond donors (Lipinski definition) is 0. The molecule has 0 aliphatic heterocycles. The number of carbonyl (C=O) groups is 2. The van der Waals surface area contributed by atoms with Gasteiger partial charge in [0.2, 0.25) is 0 Å². The number of nitrogens with zero attached hydrogens (tertiary/aromatic N) is 1. The van der Waals surface area contributed by atoms with Gasteiger partial charge in [0, 0.05) is 19.2 Å². The van der Waals surface area contributed by atoms with E-state index < -0.39 is 17.7 Å². The summed E-state index contributed by atoms with van der Waals surface area (Å²) in [4.78, 5) is 25.2. The summed E-state index contributed by atoms with van der Waals surface area (Å²) in [6.45, 7) is 8.20. The average molecular weight is 319 g/mol. The zero-order chi connectivity index (χ0) is 17.3. The Hall–Kier alpha value is -2.30. The molecular formula is C18H25NO4. The molecule has 0 spiro atoms. The summed E-state index contributed by atoms with van der Waals surface area (Å²) in [7, 11) is 0. The monoisotopic (exact) mass is 319 g/mol. The van der Waals surface area contributed by atoms with Crippen molar-refractivity contribution >= 4 is 12.1 Å². The minimum atomic E-state index is -0.573. The smallest absolute Gasteiger partial charge is 0.410 e. The van der Waals surface area contributed by atoms with Gasteiger partial charge >= 0.3 is 12.1 Å². The molecule has 126 valence electrons. The standard InChI is InChI=1S/C18H25NO4/c1-5-22-16(20)12-9-13-19(17(21)23-18(2,3)4)14-15-10-7-6-8-11-15/h6-12H,5,13-14H2,1-4H3/b12-9+. The lowest BCUT2D eigenvalue weighted by Crippen LogP contribution is -2.36. The molecule has 5 nitrogen and oxygen atoms in total. The highest BCUT2D eigenvalue weighted by Crippen LogP contribution is 2.12. The Morgan fingerprint density at radius 2 is 1.83 bits per heavy atom. The normalized spacial score (nSPS) is 11.3. The van der Waals surface area contributed by atoms with Crippen molar-refractivity contribution in [2.24, 2.45) is 0 Å². The molecule has 0 atom stereocenters. The molecule has 0 fully saturated rings. The lowest BCUT2D eigenvalue weighted by Gasteiger charge is -2.26. The molecule has 0 aliphatic carbocycles. The molecule has 1 aromatic rings. The van der Waals surface area contributed by atoms with E-state index in [0.717, 1.165) is 5.56 Å². The number of carbonyl (C=O) groups excluding carboxylic acids is 2. The van der Waals surface area contributed by atoms with Crippen molar-refractivity contribution in [1.82, 2.24) is 4.90 Å². The molecule has 0 saturated carbocycles. The molecule has 1 aromatic carbocycles. The van der Waals surface area contributed by atoms with Gasteiger partial charge in [-0.05, 0) is 33.3 Å². The van der Waals surface area contributed by atoms with Crippen molar-refractivity contribution < 1.29 is 19.1 Å². The molecule has 0 aromatic heterocycles. The molecule has 0 radical (unpaired) electrons. The lowest BCUT2D eigenvalue weighted by atomic mass is 10.2. The van der Waals surface area contributed by atoms with Gasteiger partial charge in [-0.3, -0.25) is 0 Å². The van der Waals surface area contributed by atoms with Gasteiger partial charge in [-0.1, -0.05) is 36.4 Å². The topological polar surface area (TPSA) is 55.8 Å². The third-order valence-corrected chi connectivity index (χ3v) is 2.73. The second-order valence-electron chi connectivity index (χ2n) is 6.00. The van der Waals surface area contributed by atoms with E-state index in [9.17, 15) is 9.59 Å². The molecule has 0 heterocycles. The van der Waals surface area contributed by atoms with Crippen LogP contribution in [0.1, 0.15) is 33.3 Å². The minimum absolute atomic E-state index is 0.266. The van der Waals surface area contributed by atoms with E-state index in [0.29, 0.717) is 13.2 Å². The maximum absolute atomic E-state index is 12.3. The van der Waals surface area contributed by atoms with Crippen molar-refractivity contribution in [3.8, 4) is 0 Å². The number of amides is 1. The van der Waals surface area contributed by atoms with Crippen molar-refractivity contribution in [3.63, 3.8) is 0 Å². The van der Waals surface area contributed by atoms with Crippen molar-refractivity contribution in [1.29, 1.82) is 0 Å². The van der Waals surface area contributed by atoms with E-state index in [-0.39, 0.29) is 6.54 Å². The van der Waals surface area contributed by atoms with E-state index in [1.165, 1.54) is 11.0 Å². The molecule has 1 rings (SSSR count). The third-order valence-electron chi connectivity index (χ3n) is 2.73. The number of rotatable bonds is 6. The number of ether oxygens (including phenoxy) is 2. The summed E-state index contributed by atoms with van der Waals surface area (Å²) in [6, 6.07) is 9.62. The lowest BCUT2D eigenvalue weighted by molar-refractivity contribution is -0.137. The third kappa shape index (κ3) is 8.04. The highest BCUT2D eigenvalue weighted by Gasteiger charge is 2.21. The predicted molar refractivity (Wildman–Crippen MR) is 88.9 cm³/mol. The Bertz CT molecular complexity index is 532. The largest absolute Gasteiger partial charge is 0.463 e. The molecule has 1 amide bonds. The van der Waals surface area contributed by atoms with Crippen LogP contribution in [-0.4, -0.2) is 35.7 Å². The van der Waals surface area contributed by atoms with E-state index in [4.69, 9.17) is 9.47 Å². The fourth-order valence-corrected chi connectivity index (χ4v) is 1.80. The van der Waals surface area contributed by atoms with Crippen LogP contribution in [0.25, 0.3) is 0 Å². The Kier molecular flexibility index (Phi) is 7.32. The SMILES string of the molecule is CCOC(=O)/C=C/CN(Cc1ccccc1)C(=O)OC(C)(C)C. The van der Waals surface area contributed by atoms with Crippen molar-refractivity contribution in [3.05, 3.63) is 48.0 Å². The molecule has 0 bridgehead atoms. The van der Waals surface area contributed by atoms with Gasteiger partial charge in [-0.2, -0.15) is 0 Å². The molecule has 5 heteroatoms. The Balaban J connectivity index is 2.75. The van der Waals surface area contributed by atoms with Gasteiger partial charge in [0.15, 0.2) is 0 Å². The van der Waals surface area contributed by atoms with Crippen LogP contribution >= 0.6 is 0 Å². The van der Waals surface area contributed by atoms with E-state index >= 15 is 0 Å².